The topological polar surface area (TPSA) is 26.0 Å². The van der Waals surface area contributed by atoms with Crippen LogP contribution < -0.4 is 5.73 Å². The van der Waals surface area contributed by atoms with Gasteiger partial charge in [0.15, 0.2) is 0 Å². The first-order chi connectivity index (χ1) is 6.32. The van der Waals surface area contributed by atoms with Gasteiger partial charge in [0.05, 0.1) is 5.56 Å². The van der Waals surface area contributed by atoms with E-state index < -0.39 is 11.7 Å². The highest BCUT2D eigenvalue weighted by Crippen LogP contribution is 2.36. The Morgan fingerprint density at radius 3 is 2.21 bits per heavy atom. The summed E-state index contributed by atoms with van der Waals surface area (Å²) in [6.45, 7) is 3.45. The molecule has 0 amide bonds. The first-order valence-corrected chi connectivity index (χ1v) is 4.29. The Morgan fingerprint density at radius 1 is 1.21 bits per heavy atom. The first kappa shape index (κ1) is 10.9. The van der Waals surface area contributed by atoms with Crippen molar-refractivity contribution < 1.29 is 13.2 Å². The number of rotatable bonds is 1. The van der Waals surface area contributed by atoms with Crippen molar-refractivity contribution in [3.05, 3.63) is 29.3 Å². The van der Waals surface area contributed by atoms with Gasteiger partial charge in [0.1, 0.15) is 0 Å². The number of alkyl halides is 3. The Bertz CT molecular complexity index is 329. The number of benzene rings is 1. The summed E-state index contributed by atoms with van der Waals surface area (Å²) in [6, 6.07) is 3.91. The quantitative estimate of drug-likeness (QED) is 0.695. The minimum Gasteiger partial charge on any atom is -0.399 e. The zero-order chi connectivity index (χ0) is 10.9. The first-order valence-electron chi connectivity index (χ1n) is 4.29. The third kappa shape index (κ3) is 2.19. The smallest absolute Gasteiger partial charge is 0.399 e. The van der Waals surface area contributed by atoms with Crippen molar-refractivity contribution in [1.82, 2.24) is 0 Å². The molecule has 2 N–H and O–H groups in total. The Hall–Kier alpha value is -1.19. The molecule has 0 bridgehead atoms. The molecule has 78 valence electrons. The summed E-state index contributed by atoms with van der Waals surface area (Å²) in [7, 11) is 0. The lowest BCUT2D eigenvalue weighted by molar-refractivity contribution is -0.138. The van der Waals surface area contributed by atoms with E-state index >= 15 is 0 Å². The van der Waals surface area contributed by atoms with Crippen LogP contribution in [0.2, 0.25) is 0 Å². The van der Waals surface area contributed by atoms with Crippen LogP contribution in [0, 0.1) is 0 Å². The minimum absolute atomic E-state index is 0.140. The summed E-state index contributed by atoms with van der Waals surface area (Å²) in [4.78, 5) is 0. The fourth-order valence-corrected chi connectivity index (χ4v) is 1.32. The number of hydrogen-bond donors (Lipinski definition) is 1. The molecule has 1 aromatic carbocycles. The minimum atomic E-state index is -4.32. The maximum Gasteiger partial charge on any atom is 0.416 e. The van der Waals surface area contributed by atoms with E-state index in [0.29, 0.717) is 0 Å². The van der Waals surface area contributed by atoms with Gasteiger partial charge < -0.3 is 5.73 Å². The van der Waals surface area contributed by atoms with Gasteiger partial charge in [-0.15, -0.1) is 0 Å². The van der Waals surface area contributed by atoms with Crippen molar-refractivity contribution in [2.75, 3.05) is 5.73 Å². The van der Waals surface area contributed by atoms with Crippen molar-refractivity contribution in [3.8, 4) is 0 Å². The van der Waals surface area contributed by atoms with Gasteiger partial charge in [-0.25, -0.2) is 0 Å². The fraction of sp³-hybridized carbons (Fsp3) is 0.400. The highest BCUT2D eigenvalue weighted by molar-refractivity contribution is 5.46. The number of halogens is 3. The van der Waals surface area contributed by atoms with Crippen LogP contribution in [0.25, 0.3) is 0 Å². The van der Waals surface area contributed by atoms with Crippen LogP contribution in [0.1, 0.15) is 30.9 Å². The largest absolute Gasteiger partial charge is 0.416 e. The molecule has 0 heterocycles. The van der Waals surface area contributed by atoms with Gasteiger partial charge in [0.25, 0.3) is 0 Å². The predicted molar refractivity (Wildman–Crippen MR) is 49.9 cm³/mol. The Labute approximate surface area is 80.7 Å². The van der Waals surface area contributed by atoms with E-state index in [0.717, 1.165) is 6.07 Å². The molecule has 14 heavy (non-hydrogen) atoms. The molecule has 1 nitrogen and oxygen atoms in total. The Balaban J connectivity index is 3.30. The van der Waals surface area contributed by atoms with Gasteiger partial charge in [-0.2, -0.15) is 13.2 Å². The molecule has 0 saturated heterocycles. The predicted octanol–water partition coefficient (Wildman–Crippen LogP) is 3.41. The van der Waals surface area contributed by atoms with Gasteiger partial charge in [-0.3, -0.25) is 0 Å². The number of nitrogen functional groups attached to an aromatic ring is 1. The van der Waals surface area contributed by atoms with Gasteiger partial charge >= 0.3 is 6.18 Å². The maximum absolute atomic E-state index is 12.5. The SMILES string of the molecule is CC(C)c1ccc(N)cc1C(F)(F)F. The van der Waals surface area contributed by atoms with E-state index in [-0.39, 0.29) is 17.2 Å². The number of hydrogen-bond acceptors (Lipinski definition) is 1. The molecule has 0 aliphatic heterocycles. The van der Waals surface area contributed by atoms with E-state index in [1.165, 1.54) is 12.1 Å². The number of anilines is 1. The summed E-state index contributed by atoms with van der Waals surface area (Å²) in [6.07, 6.45) is -4.32. The second-order valence-electron chi connectivity index (χ2n) is 3.50. The molecular weight excluding hydrogens is 191 g/mol. The molecule has 0 saturated carbocycles. The average Bonchev–Trinajstić information content (AvgIpc) is 2.01. The van der Waals surface area contributed by atoms with Crippen LogP contribution in [0.4, 0.5) is 18.9 Å². The lowest BCUT2D eigenvalue weighted by Crippen LogP contribution is -2.10. The molecule has 0 radical (unpaired) electrons. The standard InChI is InChI=1S/C10H12F3N/c1-6(2)8-4-3-7(14)5-9(8)10(11,12)13/h3-6H,14H2,1-2H3. The van der Waals surface area contributed by atoms with Crippen molar-refractivity contribution in [2.24, 2.45) is 0 Å². The Kier molecular flexibility index (Phi) is 2.73. The highest BCUT2D eigenvalue weighted by Gasteiger charge is 2.33. The molecule has 0 atom stereocenters. The molecule has 0 aliphatic carbocycles. The molecule has 0 aliphatic rings. The van der Waals surface area contributed by atoms with Crippen LogP contribution in [-0.2, 0) is 6.18 Å². The van der Waals surface area contributed by atoms with E-state index in [2.05, 4.69) is 0 Å². The molecular formula is C10H12F3N. The summed E-state index contributed by atoms with van der Waals surface area (Å²) in [5, 5.41) is 0. The third-order valence-corrected chi connectivity index (χ3v) is 2.00. The van der Waals surface area contributed by atoms with Gasteiger partial charge in [-0.1, -0.05) is 19.9 Å². The summed E-state index contributed by atoms with van der Waals surface area (Å²) >= 11 is 0. The van der Waals surface area contributed by atoms with Gasteiger partial charge in [0, 0.05) is 5.69 Å². The van der Waals surface area contributed by atoms with Crippen LogP contribution in [-0.4, -0.2) is 0 Å². The maximum atomic E-state index is 12.5. The number of nitrogens with two attached hydrogens (primary N) is 1. The second-order valence-corrected chi connectivity index (χ2v) is 3.50. The van der Waals surface area contributed by atoms with Crippen molar-refractivity contribution >= 4 is 5.69 Å². The van der Waals surface area contributed by atoms with Crippen molar-refractivity contribution in [3.63, 3.8) is 0 Å². The highest BCUT2D eigenvalue weighted by atomic mass is 19.4. The third-order valence-electron chi connectivity index (χ3n) is 2.00. The molecule has 4 heteroatoms. The van der Waals surface area contributed by atoms with Crippen molar-refractivity contribution in [1.29, 1.82) is 0 Å². The molecule has 1 aromatic rings. The lowest BCUT2D eigenvalue weighted by atomic mass is 9.96. The Morgan fingerprint density at radius 2 is 1.79 bits per heavy atom. The van der Waals surface area contributed by atoms with Crippen LogP contribution in [0.15, 0.2) is 18.2 Å². The summed E-state index contributed by atoms with van der Waals surface area (Å²) in [5.41, 5.74) is 5.12. The van der Waals surface area contributed by atoms with E-state index in [9.17, 15) is 13.2 Å². The van der Waals surface area contributed by atoms with Crippen LogP contribution in [0.3, 0.4) is 0 Å². The molecule has 0 fully saturated rings. The zero-order valence-corrected chi connectivity index (χ0v) is 8.02. The van der Waals surface area contributed by atoms with Crippen molar-refractivity contribution in [2.45, 2.75) is 25.9 Å². The zero-order valence-electron chi connectivity index (χ0n) is 8.02. The molecule has 0 aromatic heterocycles. The lowest BCUT2D eigenvalue weighted by Gasteiger charge is -2.15. The van der Waals surface area contributed by atoms with E-state index in [1.807, 2.05) is 0 Å². The van der Waals surface area contributed by atoms with Crippen LogP contribution >= 0.6 is 0 Å². The van der Waals surface area contributed by atoms with Crippen LogP contribution in [0.5, 0.6) is 0 Å². The van der Waals surface area contributed by atoms with Gasteiger partial charge in [0.2, 0.25) is 0 Å². The van der Waals surface area contributed by atoms with E-state index in [4.69, 9.17) is 5.73 Å². The van der Waals surface area contributed by atoms with E-state index in [1.54, 1.807) is 13.8 Å². The monoisotopic (exact) mass is 203 g/mol. The molecule has 1 rings (SSSR count). The molecule has 0 unspecified atom stereocenters. The normalized spacial score (nSPS) is 12.1. The molecule has 0 spiro atoms. The van der Waals surface area contributed by atoms with Gasteiger partial charge in [-0.05, 0) is 23.6 Å². The fourth-order valence-electron chi connectivity index (χ4n) is 1.32. The second kappa shape index (κ2) is 3.52. The summed E-state index contributed by atoms with van der Waals surface area (Å²) < 4.78 is 37.6. The average molecular weight is 203 g/mol. The summed E-state index contributed by atoms with van der Waals surface area (Å²) in [5.74, 6) is -0.160.